The second-order valence-electron chi connectivity index (χ2n) is 6.92. The number of nitrogens with one attached hydrogen (secondary N) is 1. The van der Waals surface area contributed by atoms with Crippen LogP contribution in [0.1, 0.15) is 45.4 Å². The topological polar surface area (TPSA) is 38.7 Å². The van der Waals surface area contributed by atoms with Gasteiger partial charge in [0.1, 0.15) is 0 Å². The first-order chi connectivity index (χ1) is 10.3. The van der Waals surface area contributed by atoms with Crippen molar-refractivity contribution in [3.63, 3.8) is 0 Å². The first kappa shape index (κ1) is 17.2. The number of likely N-dealkylation sites (tertiary alicyclic amines) is 2. The molecule has 0 aliphatic carbocycles. The molecular weight excluding hydrogens is 262 g/mol. The first-order valence-electron chi connectivity index (χ1n) is 9.10. The van der Waals surface area contributed by atoms with Gasteiger partial charge in [-0.15, -0.1) is 0 Å². The van der Waals surface area contributed by atoms with E-state index in [1.807, 2.05) is 0 Å². The van der Waals surface area contributed by atoms with Gasteiger partial charge in [0.05, 0.1) is 6.61 Å². The molecule has 2 aliphatic rings. The number of rotatable bonds is 9. The van der Waals surface area contributed by atoms with E-state index < -0.39 is 0 Å². The van der Waals surface area contributed by atoms with Gasteiger partial charge in [-0.2, -0.15) is 0 Å². The standard InChI is InChI=1S/C17H35N3O/c1-2-8-18-17(15-21)7-13-19-11-5-16(6-12-19)14-20-9-3-4-10-20/h16-18,21H,2-15H2,1H3. The van der Waals surface area contributed by atoms with Crippen LogP contribution in [0.25, 0.3) is 0 Å². The summed E-state index contributed by atoms with van der Waals surface area (Å²) in [6.07, 6.45) is 7.76. The molecule has 2 fully saturated rings. The molecule has 0 aromatic rings. The van der Waals surface area contributed by atoms with E-state index in [0.29, 0.717) is 0 Å². The van der Waals surface area contributed by atoms with Gasteiger partial charge >= 0.3 is 0 Å². The first-order valence-corrected chi connectivity index (χ1v) is 9.10. The summed E-state index contributed by atoms with van der Waals surface area (Å²) >= 11 is 0. The van der Waals surface area contributed by atoms with Crippen molar-refractivity contribution < 1.29 is 5.11 Å². The van der Waals surface area contributed by atoms with Crippen LogP contribution < -0.4 is 5.32 Å². The number of aliphatic hydroxyl groups excluding tert-OH is 1. The van der Waals surface area contributed by atoms with Gasteiger partial charge in [0.25, 0.3) is 0 Å². The highest BCUT2D eigenvalue weighted by Crippen LogP contribution is 2.20. The molecule has 0 radical (unpaired) electrons. The zero-order valence-corrected chi connectivity index (χ0v) is 13.9. The summed E-state index contributed by atoms with van der Waals surface area (Å²) in [5.74, 6) is 0.922. The van der Waals surface area contributed by atoms with Gasteiger partial charge < -0.3 is 20.2 Å². The molecule has 21 heavy (non-hydrogen) atoms. The Bertz CT molecular complexity index is 261. The van der Waals surface area contributed by atoms with Gasteiger partial charge in [0.2, 0.25) is 0 Å². The smallest absolute Gasteiger partial charge is 0.0585 e. The van der Waals surface area contributed by atoms with Crippen LogP contribution in [0.3, 0.4) is 0 Å². The number of hydrogen-bond donors (Lipinski definition) is 2. The van der Waals surface area contributed by atoms with Crippen molar-refractivity contribution in [3.8, 4) is 0 Å². The zero-order chi connectivity index (χ0) is 14.9. The molecule has 4 nitrogen and oxygen atoms in total. The number of nitrogens with zero attached hydrogens (tertiary/aromatic N) is 2. The number of hydrogen-bond acceptors (Lipinski definition) is 4. The van der Waals surface area contributed by atoms with E-state index in [-0.39, 0.29) is 12.6 Å². The summed E-state index contributed by atoms with van der Waals surface area (Å²) in [4.78, 5) is 5.26. The molecule has 0 spiro atoms. The van der Waals surface area contributed by atoms with Crippen molar-refractivity contribution in [2.75, 3.05) is 52.4 Å². The van der Waals surface area contributed by atoms with Crippen LogP contribution in [0.15, 0.2) is 0 Å². The third-order valence-corrected chi connectivity index (χ3v) is 5.12. The van der Waals surface area contributed by atoms with Crippen molar-refractivity contribution >= 4 is 0 Å². The molecule has 124 valence electrons. The highest BCUT2D eigenvalue weighted by atomic mass is 16.3. The second kappa shape index (κ2) is 9.78. The minimum absolute atomic E-state index is 0.269. The lowest BCUT2D eigenvalue weighted by Crippen LogP contribution is -2.41. The molecular formula is C17H35N3O. The summed E-state index contributed by atoms with van der Waals surface area (Å²) < 4.78 is 0. The maximum Gasteiger partial charge on any atom is 0.0585 e. The van der Waals surface area contributed by atoms with Crippen LogP contribution >= 0.6 is 0 Å². The Morgan fingerprint density at radius 3 is 2.43 bits per heavy atom. The maximum atomic E-state index is 9.40. The Balaban J connectivity index is 1.57. The molecule has 2 saturated heterocycles. The molecule has 0 bridgehead atoms. The maximum absolute atomic E-state index is 9.40. The largest absolute Gasteiger partial charge is 0.395 e. The van der Waals surface area contributed by atoms with E-state index in [4.69, 9.17) is 0 Å². The predicted octanol–water partition coefficient (Wildman–Crippen LogP) is 1.54. The monoisotopic (exact) mass is 297 g/mol. The fraction of sp³-hybridized carbons (Fsp3) is 1.00. The van der Waals surface area contributed by atoms with Gasteiger partial charge in [-0.05, 0) is 83.7 Å². The Labute approximate surface area is 130 Å². The van der Waals surface area contributed by atoms with Crippen molar-refractivity contribution in [1.82, 2.24) is 15.1 Å². The van der Waals surface area contributed by atoms with E-state index in [1.54, 1.807) is 0 Å². The van der Waals surface area contributed by atoms with Gasteiger partial charge in [-0.1, -0.05) is 6.92 Å². The minimum Gasteiger partial charge on any atom is -0.395 e. The zero-order valence-electron chi connectivity index (χ0n) is 13.9. The predicted molar refractivity (Wildman–Crippen MR) is 88.6 cm³/mol. The fourth-order valence-electron chi connectivity index (χ4n) is 3.67. The minimum atomic E-state index is 0.269. The molecule has 0 aromatic carbocycles. The number of aliphatic hydroxyl groups is 1. The summed E-state index contributed by atoms with van der Waals surface area (Å²) in [5.41, 5.74) is 0. The van der Waals surface area contributed by atoms with E-state index in [0.717, 1.165) is 31.8 Å². The summed E-state index contributed by atoms with van der Waals surface area (Å²) in [6, 6.07) is 0.285. The third kappa shape index (κ3) is 6.23. The molecule has 2 heterocycles. The summed E-state index contributed by atoms with van der Waals surface area (Å²) in [6.45, 7) is 11.1. The third-order valence-electron chi connectivity index (χ3n) is 5.12. The van der Waals surface area contributed by atoms with E-state index in [1.165, 1.54) is 58.4 Å². The van der Waals surface area contributed by atoms with Gasteiger partial charge in [0.15, 0.2) is 0 Å². The van der Waals surface area contributed by atoms with Crippen LogP contribution in [0.4, 0.5) is 0 Å². The Hall–Kier alpha value is -0.160. The average Bonchev–Trinajstić information content (AvgIpc) is 3.02. The van der Waals surface area contributed by atoms with Gasteiger partial charge in [-0.25, -0.2) is 0 Å². The average molecular weight is 297 g/mol. The van der Waals surface area contributed by atoms with Crippen LogP contribution in [-0.4, -0.2) is 73.4 Å². The van der Waals surface area contributed by atoms with Gasteiger partial charge in [0, 0.05) is 12.6 Å². The quantitative estimate of drug-likeness (QED) is 0.677. The molecule has 1 atom stereocenters. The fourth-order valence-corrected chi connectivity index (χ4v) is 3.67. The highest BCUT2D eigenvalue weighted by molar-refractivity contribution is 4.78. The SMILES string of the molecule is CCCNC(CO)CCN1CCC(CN2CCCC2)CC1. The second-order valence-corrected chi connectivity index (χ2v) is 6.92. The van der Waals surface area contributed by atoms with Crippen molar-refractivity contribution in [1.29, 1.82) is 0 Å². The Morgan fingerprint density at radius 2 is 1.81 bits per heavy atom. The highest BCUT2D eigenvalue weighted by Gasteiger charge is 2.23. The Morgan fingerprint density at radius 1 is 1.10 bits per heavy atom. The lowest BCUT2D eigenvalue weighted by Gasteiger charge is -2.34. The molecule has 2 aliphatic heterocycles. The molecule has 0 aromatic heterocycles. The van der Waals surface area contributed by atoms with E-state index >= 15 is 0 Å². The van der Waals surface area contributed by atoms with Crippen molar-refractivity contribution in [2.24, 2.45) is 5.92 Å². The molecule has 1 unspecified atom stereocenters. The normalized spacial score (nSPS) is 23.7. The number of piperidine rings is 1. The molecule has 2 rings (SSSR count). The molecule has 2 N–H and O–H groups in total. The van der Waals surface area contributed by atoms with Crippen LogP contribution in [0, 0.1) is 5.92 Å². The molecule has 4 heteroatoms. The lowest BCUT2D eigenvalue weighted by atomic mass is 9.96. The summed E-state index contributed by atoms with van der Waals surface area (Å²) in [7, 11) is 0. The van der Waals surface area contributed by atoms with Crippen molar-refractivity contribution in [3.05, 3.63) is 0 Å². The van der Waals surface area contributed by atoms with E-state index in [9.17, 15) is 5.11 Å². The summed E-state index contributed by atoms with van der Waals surface area (Å²) in [5, 5.41) is 12.8. The van der Waals surface area contributed by atoms with Crippen LogP contribution in [-0.2, 0) is 0 Å². The van der Waals surface area contributed by atoms with E-state index in [2.05, 4.69) is 22.0 Å². The molecule has 0 saturated carbocycles. The lowest BCUT2D eigenvalue weighted by molar-refractivity contribution is 0.142. The van der Waals surface area contributed by atoms with Crippen LogP contribution in [0.5, 0.6) is 0 Å². The Kier molecular flexibility index (Phi) is 8.01. The van der Waals surface area contributed by atoms with Crippen LogP contribution in [0.2, 0.25) is 0 Å². The van der Waals surface area contributed by atoms with Gasteiger partial charge in [-0.3, -0.25) is 0 Å². The molecule has 0 amide bonds. The van der Waals surface area contributed by atoms with Crippen molar-refractivity contribution in [2.45, 2.75) is 51.5 Å².